The molecule has 0 aliphatic carbocycles. The lowest BCUT2D eigenvalue weighted by Crippen LogP contribution is -2.28. The van der Waals surface area contributed by atoms with Gasteiger partial charge in [-0.3, -0.25) is 9.97 Å². The minimum Gasteiger partial charge on any atom is -0.493 e. The van der Waals surface area contributed by atoms with Crippen molar-refractivity contribution in [2.45, 2.75) is 13.5 Å². The third kappa shape index (κ3) is 4.25. The number of methoxy groups -OCH3 is 3. The van der Waals surface area contributed by atoms with Crippen LogP contribution in [-0.4, -0.2) is 37.3 Å². The predicted octanol–water partition coefficient (Wildman–Crippen LogP) is 2.13. The number of anilines is 1. The Kier molecular flexibility index (Phi) is 5.78. The van der Waals surface area contributed by atoms with Crippen LogP contribution in [0.15, 0.2) is 24.5 Å². The third-order valence-corrected chi connectivity index (χ3v) is 3.19. The molecule has 0 radical (unpaired) electrons. The monoisotopic (exact) mass is 332 g/mol. The van der Waals surface area contributed by atoms with Crippen LogP contribution in [0.5, 0.6) is 17.2 Å². The van der Waals surface area contributed by atoms with Crippen molar-refractivity contribution in [3.05, 3.63) is 35.9 Å². The summed E-state index contributed by atoms with van der Waals surface area (Å²) in [5.41, 5.74) is 2.00. The topological polar surface area (TPSA) is 94.6 Å². The molecule has 0 aliphatic heterocycles. The minimum atomic E-state index is -0.383. The van der Waals surface area contributed by atoms with Crippen LogP contribution in [0.2, 0.25) is 0 Å². The summed E-state index contributed by atoms with van der Waals surface area (Å²) in [5.74, 6) is 1.37. The highest BCUT2D eigenvalue weighted by atomic mass is 16.5. The number of amides is 2. The Hall–Kier alpha value is -3.03. The van der Waals surface area contributed by atoms with E-state index < -0.39 is 0 Å². The van der Waals surface area contributed by atoms with Gasteiger partial charge >= 0.3 is 6.03 Å². The van der Waals surface area contributed by atoms with Crippen LogP contribution in [0.3, 0.4) is 0 Å². The first kappa shape index (κ1) is 17.3. The molecule has 0 aliphatic rings. The zero-order valence-corrected chi connectivity index (χ0v) is 14.0. The number of carbonyl (C=O) groups is 1. The zero-order chi connectivity index (χ0) is 17.5. The summed E-state index contributed by atoms with van der Waals surface area (Å²) < 4.78 is 15.7. The van der Waals surface area contributed by atoms with Gasteiger partial charge in [-0.05, 0) is 6.92 Å². The second-order valence-corrected chi connectivity index (χ2v) is 4.87. The fraction of sp³-hybridized carbons (Fsp3) is 0.312. The van der Waals surface area contributed by atoms with Gasteiger partial charge in [0.05, 0.1) is 51.1 Å². The van der Waals surface area contributed by atoms with Crippen LogP contribution in [0.1, 0.15) is 11.4 Å². The highest BCUT2D eigenvalue weighted by Gasteiger charge is 2.14. The molecule has 8 nitrogen and oxygen atoms in total. The number of hydrogen-bond acceptors (Lipinski definition) is 6. The molecule has 0 atom stereocenters. The standard InChI is InChI=1S/C16H20N4O4/c1-10-7-18-12(8-17-10)9-19-16(21)20-11-5-13(22-2)15(24-4)14(6-11)23-3/h5-8H,9H2,1-4H3,(H2,19,20,21). The number of aromatic nitrogens is 2. The van der Waals surface area contributed by atoms with Crippen molar-refractivity contribution in [2.75, 3.05) is 26.6 Å². The highest BCUT2D eigenvalue weighted by Crippen LogP contribution is 2.39. The Balaban J connectivity index is 2.04. The molecule has 2 rings (SSSR count). The molecular formula is C16H20N4O4. The fourth-order valence-electron chi connectivity index (χ4n) is 2.01. The lowest BCUT2D eigenvalue weighted by Gasteiger charge is -2.14. The van der Waals surface area contributed by atoms with Crippen LogP contribution in [0.4, 0.5) is 10.5 Å². The Bertz CT molecular complexity index is 679. The molecule has 8 heteroatoms. The molecule has 0 saturated carbocycles. The lowest BCUT2D eigenvalue weighted by molar-refractivity contribution is 0.251. The largest absolute Gasteiger partial charge is 0.493 e. The maximum Gasteiger partial charge on any atom is 0.319 e. The van der Waals surface area contributed by atoms with Gasteiger partial charge in [-0.1, -0.05) is 0 Å². The van der Waals surface area contributed by atoms with Gasteiger partial charge in [0.15, 0.2) is 11.5 Å². The Morgan fingerprint density at radius 2 is 1.71 bits per heavy atom. The number of carbonyl (C=O) groups excluding carboxylic acids is 1. The van der Waals surface area contributed by atoms with Gasteiger partial charge in [0.2, 0.25) is 5.75 Å². The molecule has 2 aromatic rings. The molecule has 2 N–H and O–H groups in total. The molecule has 1 aromatic carbocycles. The molecule has 1 heterocycles. The maximum atomic E-state index is 12.0. The number of ether oxygens (including phenoxy) is 3. The molecule has 0 fully saturated rings. The smallest absolute Gasteiger partial charge is 0.319 e. The molecule has 128 valence electrons. The van der Waals surface area contributed by atoms with Gasteiger partial charge in [-0.25, -0.2) is 4.79 Å². The van der Waals surface area contributed by atoms with E-state index in [2.05, 4.69) is 20.6 Å². The average molecular weight is 332 g/mol. The van der Waals surface area contributed by atoms with Crippen molar-refractivity contribution in [1.82, 2.24) is 15.3 Å². The SMILES string of the molecule is COc1cc(NC(=O)NCc2cnc(C)cn2)cc(OC)c1OC. The number of hydrogen-bond donors (Lipinski definition) is 2. The first-order chi connectivity index (χ1) is 11.6. The van der Waals surface area contributed by atoms with E-state index in [0.717, 1.165) is 5.69 Å². The van der Waals surface area contributed by atoms with Gasteiger partial charge in [-0.2, -0.15) is 0 Å². The van der Waals surface area contributed by atoms with E-state index in [1.54, 1.807) is 24.5 Å². The average Bonchev–Trinajstić information content (AvgIpc) is 2.60. The van der Waals surface area contributed by atoms with Crippen LogP contribution in [0.25, 0.3) is 0 Å². The minimum absolute atomic E-state index is 0.267. The van der Waals surface area contributed by atoms with Crippen molar-refractivity contribution < 1.29 is 19.0 Å². The quantitative estimate of drug-likeness (QED) is 0.841. The number of urea groups is 1. The van der Waals surface area contributed by atoms with Crippen molar-refractivity contribution >= 4 is 11.7 Å². The summed E-state index contributed by atoms with van der Waals surface area (Å²) in [4.78, 5) is 20.3. The van der Waals surface area contributed by atoms with Crippen LogP contribution in [0, 0.1) is 6.92 Å². The Morgan fingerprint density at radius 1 is 1.04 bits per heavy atom. The van der Waals surface area contributed by atoms with Crippen molar-refractivity contribution in [2.24, 2.45) is 0 Å². The highest BCUT2D eigenvalue weighted by molar-refractivity contribution is 5.90. The summed E-state index contributed by atoms with van der Waals surface area (Å²) in [6.07, 6.45) is 3.27. The Labute approximate surface area is 140 Å². The second-order valence-electron chi connectivity index (χ2n) is 4.87. The van der Waals surface area contributed by atoms with Crippen LogP contribution in [-0.2, 0) is 6.54 Å². The second kappa shape index (κ2) is 8.00. The van der Waals surface area contributed by atoms with Gasteiger partial charge in [-0.15, -0.1) is 0 Å². The summed E-state index contributed by atoms with van der Waals surface area (Å²) in [5, 5.41) is 5.42. The summed E-state index contributed by atoms with van der Waals surface area (Å²) in [7, 11) is 4.54. The van der Waals surface area contributed by atoms with E-state index >= 15 is 0 Å². The van der Waals surface area contributed by atoms with Gasteiger partial charge < -0.3 is 24.8 Å². The maximum absolute atomic E-state index is 12.0. The van der Waals surface area contributed by atoms with E-state index in [9.17, 15) is 4.79 Å². The first-order valence-electron chi connectivity index (χ1n) is 7.19. The third-order valence-electron chi connectivity index (χ3n) is 3.19. The van der Waals surface area contributed by atoms with E-state index in [4.69, 9.17) is 14.2 Å². The van der Waals surface area contributed by atoms with Crippen molar-refractivity contribution in [3.63, 3.8) is 0 Å². The Morgan fingerprint density at radius 3 is 2.21 bits per heavy atom. The fourth-order valence-corrected chi connectivity index (χ4v) is 2.01. The summed E-state index contributed by atoms with van der Waals surface area (Å²) >= 11 is 0. The van der Waals surface area contributed by atoms with Crippen LogP contribution < -0.4 is 24.8 Å². The number of benzene rings is 1. The first-order valence-corrected chi connectivity index (χ1v) is 7.19. The van der Waals surface area contributed by atoms with Crippen LogP contribution >= 0.6 is 0 Å². The number of rotatable bonds is 6. The van der Waals surface area contributed by atoms with Crippen molar-refractivity contribution in [3.8, 4) is 17.2 Å². The van der Waals surface area contributed by atoms with E-state index in [0.29, 0.717) is 28.6 Å². The summed E-state index contributed by atoms with van der Waals surface area (Å²) in [6, 6.07) is 2.91. The zero-order valence-electron chi connectivity index (χ0n) is 14.0. The molecule has 1 aromatic heterocycles. The van der Waals surface area contributed by atoms with Gasteiger partial charge in [0, 0.05) is 18.3 Å². The van der Waals surface area contributed by atoms with Gasteiger partial charge in [0.1, 0.15) is 0 Å². The predicted molar refractivity (Wildman–Crippen MR) is 88.7 cm³/mol. The van der Waals surface area contributed by atoms with E-state index in [1.807, 2.05) is 6.92 Å². The number of aryl methyl sites for hydroxylation is 1. The van der Waals surface area contributed by atoms with Crippen molar-refractivity contribution in [1.29, 1.82) is 0 Å². The number of nitrogens with one attached hydrogen (secondary N) is 2. The lowest BCUT2D eigenvalue weighted by atomic mass is 10.2. The molecule has 24 heavy (non-hydrogen) atoms. The number of nitrogens with zero attached hydrogens (tertiary/aromatic N) is 2. The normalized spacial score (nSPS) is 10.0. The molecule has 2 amide bonds. The molecule has 0 bridgehead atoms. The molecule has 0 saturated heterocycles. The molecule has 0 unspecified atom stereocenters. The molecular weight excluding hydrogens is 312 g/mol. The van der Waals surface area contributed by atoms with E-state index in [1.165, 1.54) is 21.3 Å². The molecule has 0 spiro atoms. The summed E-state index contributed by atoms with van der Waals surface area (Å²) in [6.45, 7) is 2.12. The van der Waals surface area contributed by atoms with E-state index in [-0.39, 0.29) is 12.6 Å². The van der Waals surface area contributed by atoms with Gasteiger partial charge in [0.25, 0.3) is 0 Å².